The Balaban J connectivity index is 2.00. The van der Waals surface area contributed by atoms with Crippen molar-refractivity contribution in [2.24, 2.45) is 0 Å². The van der Waals surface area contributed by atoms with Gasteiger partial charge in [0.05, 0.1) is 11.2 Å². The second kappa shape index (κ2) is 5.40. The minimum atomic E-state index is -1.02. The van der Waals surface area contributed by atoms with Crippen LogP contribution in [0.2, 0.25) is 0 Å². The first-order valence-electron chi connectivity index (χ1n) is 6.79. The number of carbonyl (C=O) groups excluding carboxylic acids is 1. The summed E-state index contributed by atoms with van der Waals surface area (Å²) in [5.74, 6) is -0.985. The average molecular weight is 285 g/mol. The predicted octanol–water partition coefficient (Wildman–Crippen LogP) is 1.62. The number of amides is 1. The third-order valence-corrected chi connectivity index (χ3v) is 3.62. The number of aromatic nitrogens is 1. The Morgan fingerprint density at radius 1 is 1.38 bits per heavy atom. The predicted molar refractivity (Wildman–Crippen MR) is 78.4 cm³/mol. The first kappa shape index (κ1) is 13.4. The standard InChI is InChI=1S/C15H15N3O3/c19-13-6-5-9(7-17-13)18-14-10-3-1-2-4-12(10)16-8-11(14)15(20)21/h1-4,8-9H,5-7H2,(H,16,18)(H,17,19)(H,20,21). The monoisotopic (exact) mass is 285 g/mol. The lowest BCUT2D eigenvalue weighted by Crippen LogP contribution is -2.42. The highest BCUT2D eigenvalue weighted by Gasteiger charge is 2.21. The maximum Gasteiger partial charge on any atom is 0.339 e. The number of benzene rings is 1. The third-order valence-electron chi connectivity index (χ3n) is 3.62. The Bertz CT molecular complexity index is 704. The number of nitrogens with zero attached hydrogens (tertiary/aromatic N) is 1. The SMILES string of the molecule is O=C1CCC(Nc2c(C(=O)O)cnc3ccccc23)CN1. The number of pyridine rings is 1. The normalized spacial score (nSPS) is 18.3. The minimum absolute atomic E-state index is 0.0200. The van der Waals surface area contributed by atoms with E-state index in [0.29, 0.717) is 25.1 Å². The van der Waals surface area contributed by atoms with Crippen LogP contribution < -0.4 is 10.6 Å². The van der Waals surface area contributed by atoms with E-state index in [9.17, 15) is 14.7 Å². The van der Waals surface area contributed by atoms with E-state index in [0.717, 1.165) is 10.9 Å². The Kier molecular flexibility index (Phi) is 3.43. The van der Waals surface area contributed by atoms with Crippen LogP contribution in [0.3, 0.4) is 0 Å². The number of hydrogen-bond donors (Lipinski definition) is 3. The first-order chi connectivity index (χ1) is 10.1. The van der Waals surface area contributed by atoms with Gasteiger partial charge in [0.25, 0.3) is 0 Å². The van der Waals surface area contributed by atoms with E-state index in [4.69, 9.17) is 0 Å². The van der Waals surface area contributed by atoms with Crippen molar-refractivity contribution >= 4 is 28.5 Å². The Hall–Kier alpha value is -2.63. The van der Waals surface area contributed by atoms with Gasteiger partial charge in [-0.1, -0.05) is 18.2 Å². The van der Waals surface area contributed by atoms with Gasteiger partial charge in [-0.05, 0) is 12.5 Å². The molecule has 0 radical (unpaired) electrons. The largest absolute Gasteiger partial charge is 0.478 e. The quantitative estimate of drug-likeness (QED) is 0.797. The molecule has 6 nitrogen and oxygen atoms in total. The third kappa shape index (κ3) is 2.65. The molecular formula is C15H15N3O3. The number of aromatic carboxylic acids is 1. The van der Waals surface area contributed by atoms with Crippen LogP contribution in [0.4, 0.5) is 5.69 Å². The Morgan fingerprint density at radius 2 is 2.19 bits per heavy atom. The molecule has 0 bridgehead atoms. The highest BCUT2D eigenvalue weighted by molar-refractivity contribution is 6.04. The van der Waals surface area contributed by atoms with Gasteiger partial charge < -0.3 is 15.7 Å². The minimum Gasteiger partial charge on any atom is -0.478 e. The molecule has 3 rings (SSSR count). The highest BCUT2D eigenvalue weighted by atomic mass is 16.4. The number of piperidine rings is 1. The maximum atomic E-state index is 11.4. The molecule has 108 valence electrons. The maximum absolute atomic E-state index is 11.4. The second-order valence-electron chi connectivity index (χ2n) is 5.05. The van der Waals surface area contributed by atoms with Crippen molar-refractivity contribution in [2.75, 3.05) is 11.9 Å². The van der Waals surface area contributed by atoms with Crippen LogP contribution in [-0.4, -0.2) is 34.6 Å². The summed E-state index contributed by atoms with van der Waals surface area (Å²) in [6, 6.07) is 7.42. The van der Waals surface area contributed by atoms with Crippen molar-refractivity contribution in [2.45, 2.75) is 18.9 Å². The first-order valence-corrected chi connectivity index (χ1v) is 6.79. The zero-order chi connectivity index (χ0) is 14.8. The van der Waals surface area contributed by atoms with Gasteiger partial charge in [-0.3, -0.25) is 9.78 Å². The van der Waals surface area contributed by atoms with Crippen LogP contribution in [0.25, 0.3) is 10.9 Å². The second-order valence-corrected chi connectivity index (χ2v) is 5.05. The number of para-hydroxylation sites is 1. The molecule has 1 aliphatic heterocycles. The summed E-state index contributed by atoms with van der Waals surface area (Å²) >= 11 is 0. The van der Waals surface area contributed by atoms with Crippen LogP contribution >= 0.6 is 0 Å². The van der Waals surface area contributed by atoms with Crippen molar-refractivity contribution in [1.29, 1.82) is 0 Å². The zero-order valence-corrected chi connectivity index (χ0v) is 11.3. The molecule has 1 saturated heterocycles. The molecule has 21 heavy (non-hydrogen) atoms. The fraction of sp³-hybridized carbons (Fsp3) is 0.267. The molecule has 0 aliphatic carbocycles. The molecule has 1 unspecified atom stereocenters. The van der Waals surface area contributed by atoms with Crippen LogP contribution in [0.15, 0.2) is 30.5 Å². The summed E-state index contributed by atoms with van der Waals surface area (Å²) in [6.07, 6.45) is 2.50. The molecule has 2 aromatic rings. The molecule has 1 fully saturated rings. The Labute approximate surface area is 121 Å². The van der Waals surface area contributed by atoms with Gasteiger partial charge in [0.15, 0.2) is 0 Å². The number of carboxylic acid groups (broad SMARTS) is 1. The fourth-order valence-corrected chi connectivity index (χ4v) is 2.52. The van der Waals surface area contributed by atoms with E-state index in [2.05, 4.69) is 15.6 Å². The van der Waals surface area contributed by atoms with E-state index >= 15 is 0 Å². The van der Waals surface area contributed by atoms with E-state index in [1.54, 1.807) is 0 Å². The van der Waals surface area contributed by atoms with Crippen molar-refractivity contribution in [3.05, 3.63) is 36.0 Å². The molecule has 1 atom stereocenters. The lowest BCUT2D eigenvalue weighted by atomic mass is 10.0. The van der Waals surface area contributed by atoms with Crippen molar-refractivity contribution < 1.29 is 14.7 Å². The zero-order valence-electron chi connectivity index (χ0n) is 11.3. The van der Waals surface area contributed by atoms with E-state index in [1.807, 2.05) is 24.3 Å². The molecular weight excluding hydrogens is 270 g/mol. The van der Waals surface area contributed by atoms with Gasteiger partial charge in [-0.2, -0.15) is 0 Å². The summed E-state index contributed by atoms with van der Waals surface area (Å²) in [4.78, 5) is 26.8. The van der Waals surface area contributed by atoms with Gasteiger partial charge >= 0.3 is 5.97 Å². The van der Waals surface area contributed by atoms with E-state index in [-0.39, 0.29) is 17.5 Å². The van der Waals surface area contributed by atoms with Gasteiger partial charge in [0.1, 0.15) is 5.56 Å². The molecule has 2 heterocycles. The van der Waals surface area contributed by atoms with Crippen molar-refractivity contribution in [3.63, 3.8) is 0 Å². The van der Waals surface area contributed by atoms with Gasteiger partial charge in [-0.25, -0.2) is 4.79 Å². The van der Waals surface area contributed by atoms with Gasteiger partial charge in [0.2, 0.25) is 5.91 Å². The fourth-order valence-electron chi connectivity index (χ4n) is 2.52. The molecule has 0 spiro atoms. The van der Waals surface area contributed by atoms with Crippen molar-refractivity contribution in [1.82, 2.24) is 10.3 Å². The average Bonchev–Trinajstić information content (AvgIpc) is 2.49. The van der Waals surface area contributed by atoms with E-state index < -0.39 is 5.97 Å². The number of carboxylic acids is 1. The Morgan fingerprint density at radius 3 is 2.90 bits per heavy atom. The lowest BCUT2D eigenvalue weighted by molar-refractivity contribution is -0.122. The summed E-state index contributed by atoms with van der Waals surface area (Å²) in [6.45, 7) is 0.495. The lowest BCUT2D eigenvalue weighted by Gasteiger charge is -2.25. The number of fused-ring (bicyclic) bond motifs is 1. The topological polar surface area (TPSA) is 91.3 Å². The molecule has 1 aromatic heterocycles. The summed E-state index contributed by atoms with van der Waals surface area (Å²) < 4.78 is 0. The number of anilines is 1. The molecule has 1 aliphatic rings. The molecule has 1 aromatic carbocycles. The smallest absolute Gasteiger partial charge is 0.339 e. The van der Waals surface area contributed by atoms with Crippen LogP contribution in [0.5, 0.6) is 0 Å². The van der Waals surface area contributed by atoms with Gasteiger partial charge in [0, 0.05) is 30.6 Å². The number of nitrogens with one attached hydrogen (secondary N) is 2. The highest BCUT2D eigenvalue weighted by Crippen LogP contribution is 2.27. The number of carbonyl (C=O) groups is 2. The molecule has 6 heteroatoms. The molecule has 3 N–H and O–H groups in total. The summed E-state index contributed by atoms with van der Waals surface area (Å²) in [5.41, 5.74) is 1.45. The molecule has 0 saturated carbocycles. The number of hydrogen-bond acceptors (Lipinski definition) is 4. The van der Waals surface area contributed by atoms with Crippen LogP contribution in [-0.2, 0) is 4.79 Å². The number of rotatable bonds is 3. The summed E-state index contributed by atoms with van der Waals surface area (Å²) in [7, 11) is 0. The van der Waals surface area contributed by atoms with E-state index in [1.165, 1.54) is 6.20 Å². The van der Waals surface area contributed by atoms with Crippen molar-refractivity contribution in [3.8, 4) is 0 Å². The van der Waals surface area contributed by atoms with Crippen LogP contribution in [0, 0.1) is 0 Å². The van der Waals surface area contributed by atoms with Crippen LogP contribution in [0.1, 0.15) is 23.2 Å². The summed E-state index contributed by atoms with van der Waals surface area (Å²) in [5, 5.41) is 16.2. The van der Waals surface area contributed by atoms with Gasteiger partial charge in [-0.15, -0.1) is 0 Å². The molecule has 1 amide bonds.